The molecular weight excluding hydrogens is 306 g/mol. The lowest BCUT2D eigenvalue weighted by Crippen LogP contribution is -2.29. The van der Waals surface area contributed by atoms with E-state index in [4.69, 9.17) is 0 Å². The van der Waals surface area contributed by atoms with E-state index >= 15 is 0 Å². The van der Waals surface area contributed by atoms with Gasteiger partial charge in [-0.05, 0) is 26.0 Å². The first-order valence-corrected chi connectivity index (χ1v) is 8.09. The Kier molecular flexibility index (Phi) is 4.59. The van der Waals surface area contributed by atoms with Crippen LogP contribution in [0.4, 0.5) is 5.82 Å². The maximum Gasteiger partial charge on any atom is 0.230 e. The molecule has 2 aromatic heterocycles. The highest BCUT2D eigenvalue weighted by molar-refractivity contribution is 5.97. The highest BCUT2D eigenvalue weighted by Gasteiger charge is 2.34. The lowest BCUT2D eigenvalue weighted by molar-refractivity contribution is -0.128. The molecule has 3 heterocycles. The van der Waals surface area contributed by atoms with Crippen LogP contribution >= 0.6 is 0 Å². The van der Waals surface area contributed by atoms with Gasteiger partial charge in [-0.25, -0.2) is 4.68 Å². The number of rotatable bonds is 5. The van der Waals surface area contributed by atoms with Gasteiger partial charge in [0.05, 0.1) is 24.4 Å². The number of hydrogen-bond donors (Lipinski definition) is 1. The number of aryl methyl sites for hydroxylation is 2. The van der Waals surface area contributed by atoms with Crippen molar-refractivity contribution >= 4 is 17.6 Å². The molecule has 24 heavy (non-hydrogen) atoms. The summed E-state index contributed by atoms with van der Waals surface area (Å²) in [6, 6.07) is 5.61. The van der Waals surface area contributed by atoms with Gasteiger partial charge in [-0.3, -0.25) is 14.6 Å². The number of anilines is 1. The Hall–Kier alpha value is -2.70. The van der Waals surface area contributed by atoms with Gasteiger partial charge >= 0.3 is 0 Å². The molecule has 0 saturated carbocycles. The van der Waals surface area contributed by atoms with Crippen molar-refractivity contribution in [2.75, 3.05) is 11.9 Å². The molecule has 1 saturated heterocycles. The molecule has 1 N–H and O–H groups in total. The monoisotopic (exact) mass is 327 g/mol. The van der Waals surface area contributed by atoms with Gasteiger partial charge < -0.3 is 10.2 Å². The number of nitrogens with zero attached hydrogens (tertiary/aromatic N) is 4. The second-order valence-electron chi connectivity index (χ2n) is 5.98. The van der Waals surface area contributed by atoms with Gasteiger partial charge in [-0.1, -0.05) is 6.07 Å². The summed E-state index contributed by atoms with van der Waals surface area (Å²) in [4.78, 5) is 30.6. The summed E-state index contributed by atoms with van der Waals surface area (Å²) in [5.41, 5.74) is 1.74. The molecule has 0 radical (unpaired) electrons. The van der Waals surface area contributed by atoms with Gasteiger partial charge in [-0.15, -0.1) is 0 Å². The lowest BCUT2D eigenvalue weighted by Gasteiger charge is -2.16. The van der Waals surface area contributed by atoms with Gasteiger partial charge in [0.2, 0.25) is 11.8 Å². The molecule has 2 amide bonds. The molecule has 0 aromatic carbocycles. The quantitative estimate of drug-likeness (QED) is 0.904. The van der Waals surface area contributed by atoms with Crippen LogP contribution in [-0.4, -0.2) is 38.0 Å². The first kappa shape index (κ1) is 16.2. The highest BCUT2D eigenvalue weighted by Crippen LogP contribution is 2.22. The van der Waals surface area contributed by atoms with Gasteiger partial charge in [0.25, 0.3) is 0 Å². The average molecular weight is 327 g/mol. The van der Waals surface area contributed by atoms with Crippen LogP contribution in [0.1, 0.15) is 24.6 Å². The SMILES string of the molecule is CCn1ncc(C)c1NC(=O)C1CC(=O)N(Cc2ccccn2)C1. The fourth-order valence-corrected chi connectivity index (χ4v) is 2.89. The summed E-state index contributed by atoms with van der Waals surface area (Å²) in [6.07, 6.45) is 3.67. The maximum atomic E-state index is 12.5. The number of likely N-dealkylation sites (tertiary alicyclic amines) is 1. The number of hydrogen-bond acceptors (Lipinski definition) is 4. The summed E-state index contributed by atoms with van der Waals surface area (Å²) in [5.74, 6) is 0.214. The second-order valence-corrected chi connectivity index (χ2v) is 5.98. The van der Waals surface area contributed by atoms with Gasteiger partial charge in [0.1, 0.15) is 5.82 Å². The predicted molar refractivity (Wildman–Crippen MR) is 89.0 cm³/mol. The third-order valence-corrected chi connectivity index (χ3v) is 4.23. The van der Waals surface area contributed by atoms with E-state index in [2.05, 4.69) is 15.4 Å². The fourth-order valence-electron chi connectivity index (χ4n) is 2.89. The Balaban J connectivity index is 1.64. The third-order valence-electron chi connectivity index (χ3n) is 4.23. The number of carbonyl (C=O) groups is 2. The Morgan fingerprint density at radius 1 is 1.42 bits per heavy atom. The number of pyridine rings is 1. The minimum Gasteiger partial charge on any atom is -0.336 e. The molecule has 1 aliphatic heterocycles. The van der Waals surface area contributed by atoms with Crippen molar-refractivity contribution in [2.45, 2.75) is 33.4 Å². The molecule has 1 atom stereocenters. The molecular formula is C17H21N5O2. The van der Waals surface area contributed by atoms with E-state index in [-0.39, 0.29) is 24.2 Å². The van der Waals surface area contributed by atoms with E-state index in [1.807, 2.05) is 32.0 Å². The van der Waals surface area contributed by atoms with Crippen molar-refractivity contribution in [1.29, 1.82) is 0 Å². The minimum absolute atomic E-state index is 0.0125. The van der Waals surface area contributed by atoms with Crippen molar-refractivity contribution in [1.82, 2.24) is 19.7 Å². The number of aromatic nitrogens is 3. The standard InChI is InChI=1S/C17H21N5O2/c1-3-22-16(12(2)9-19-22)20-17(24)13-8-15(23)21(10-13)11-14-6-4-5-7-18-14/h4-7,9,13H,3,8,10-11H2,1-2H3,(H,20,24). The molecule has 7 nitrogen and oxygen atoms in total. The third kappa shape index (κ3) is 3.29. The Labute approximate surface area is 140 Å². The van der Waals surface area contributed by atoms with Crippen LogP contribution in [0, 0.1) is 12.8 Å². The van der Waals surface area contributed by atoms with Gasteiger partial charge in [0, 0.05) is 31.3 Å². The summed E-state index contributed by atoms with van der Waals surface area (Å²) in [6.45, 7) is 5.41. The van der Waals surface area contributed by atoms with Crippen molar-refractivity contribution in [3.8, 4) is 0 Å². The number of nitrogens with one attached hydrogen (secondary N) is 1. The largest absolute Gasteiger partial charge is 0.336 e. The van der Waals surface area contributed by atoms with Crippen LogP contribution in [0.25, 0.3) is 0 Å². The summed E-state index contributed by atoms with van der Waals surface area (Å²) < 4.78 is 1.75. The molecule has 0 bridgehead atoms. The van der Waals surface area contributed by atoms with Crippen LogP contribution in [0.3, 0.4) is 0 Å². The van der Waals surface area contributed by atoms with Gasteiger partial charge in [-0.2, -0.15) is 5.10 Å². The van der Waals surface area contributed by atoms with Crippen molar-refractivity contribution in [2.24, 2.45) is 5.92 Å². The zero-order valence-electron chi connectivity index (χ0n) is 13.9. The Bertz CT molecular complexity index is 741. The molecule has 0 aliphatic carbocycles. The van der Waals surface area contributed by atoms with Crippen molar-refractivity contribution in [3.63, 3.8) is 0 Å². The van der Waals surface area contributed by atoms with Crippen LogP contribution < -0.4 is 5.32 Å². The first-order chi connectivity index (χ1) is 11.6. The highest BCUT2D eigenvalue weighted by atomic mass is 16.2. The van der Waals surface area contributed by atoms with Crippen LogP contribution in [0.5, 0.6) is 0 Å². The van der Waals surface area contributed by atoms with Gasteiger partial charge in [0.15, 0.2) is 0 Å². The molecule has 2 aromatic rings. The lowest BCUT2D eigenvalue weighted by atomic mass is 10.1. The summed E-state index contributed by atoms with van der Waals surface area (Å²) >= 11 is 0. The Morgan fingerprint density at radius 2 is 2.25 bits per heavy atom. The maximum absolute atomic E-state index is 12.5. The molecule has 3 rings (SSSR count). The molecule has 1 unspecified atom stereocenters. The van der Waals surface area contributed by atoms with Crippen LogP contribution in [0.15, 0.2) is 30.6 Å². The van der Waals surface area contributed by atoms with E-state index in [1.165, 1.54) is 0 Å². The fraction of sp³-hybridized carbons (Fsp3) is 0.412. The van der Waals surface area contributed by atoms with E-state index < -0.39 is 0 Å². The van der Waals surface area contributed by atoms with Crippen molar-refractivity contribution in [3.05, 3.63) is 41.9 Å². The number of amides is 2. The second kappa shape index (κ2) is 6.82. The summed E-state index contributed by atoms with van der Waals surface area (Å²) in [5, 5.41) is 7.14. The van der Waals surface area contributed by atoms with E-state index in [9.17, 15) is 9.59 Å². The topological polar surface area (TPSA) is 80.1 Å². The molecule has 1 aliphatic rings. The van der Waals surface area contributed by atoms with Crippen LogP contribution in [0.2, 0.25) is 0 Å². The zero-order chi connectivity index (χ0) is 17.1. The molecule has 0 spiro atoms. The van der Waals surface area contributed by atoms with Crippen molar-refractivity contribution < 1.29 is 9.59 Å². The van der Waals surface area contributed by atoms with Crippen LogP contribution in [-0.2, 0) is 22.7 Å². The first-order valence-electron chi connectivity index (χ1n) is 8.09. The Morgan fingerprint density at radius 3 is 2.96 bits per heavy atom. The number of carbonyl (C=O) groups excluding carboxylic acids is 2. The van der Waals surface area contributed by atoms with E-state index in [0.717, 1.165) is 11.3 Å². The minimum atomic E-state index is -0.346. The average Bonchev–Trinajstić information content (AvgIpc) is 3.12. The summed E-state index contributed by atoms with van der Waals surface area (Å²) in [7, 11) is 0. The molecule has 7 heteroatoms. The predicted octanol–water partition coefficient (Wildman–Crippen LogP) is 1.59. The molecule has 1 fully saturated rings. The molecule has 126 valence electrons. The zero-order valence-corrected chi connectivity index (χ0v) is 13.9. The van der Waals surface area contributed by atoms with E-state index in [0.29, 0.717) is 25.5 Å². The normalized spacial score (nSPS) is 17.3. The van der Waals surface area contributed by atoms with E-state index in [1.54, 1.807) is 22.0 Å². The smallest absolute Gasteiger partial charge is 0.230 e.